The van der Waals surface area contributed by atoms with Gasteiger partial charge < -0.3 is 9.47 Å². The van der Waals surface area contributed by atoms with Gasteiger partial charge in [-0.25, -0.2) is 8.42 Å². The van der Waals surface area contributed by atoms with Crippen LogP contribution in [0.25, 0.3) is 0 Å². The summed E-state index contributed by atoms with van der Waals surface area (Å²) in [6.07, 6.45) is 0. The molecule has 0 atom stereocenters. The Kier molecular flexibility index (Phi) is 6.80. The summed E-state index contributed by atoms with van der Waals surface area (Å²) in [5, 5.41) is 0. The van der Waals surface area contributed by atoms with E-state index in [1.807, 2.05) is 0 Å². The van der Waals surface area contributed by atoms with E-state index in [-0.39, 0.29) is 44.0 Å². The Bertz CT molecular complexity index is 1380. The number of ether oxygens (including phenoxy) is 2. The molecule has 0 radical (unpaired) electrons. The van der Waals surface area contributed by atoms with Crippen molar-refractivity contribution in [1.82, 2.24) is 0 Å². The summed E-state index contributed by atoms with van der Waals surface area (Å²) in [4.78, 5) is 25.7. The predicted molar refractivity (Wildman–Crippen MR) is 131 cm³/mol. The monoisotopic (exact) mass is 486 g/mol. The molecule has 0 fully saturated rings. The van der Waals surface area contributed by atoms with E-state index >= 15 is 0 Å². The van der Waals surface area contributed by atoms with Crippen LogP contribution >= 0.6 is 0 Å². The second kappa shape index (κ2) is 9.95. The first kappa shape index (κ1) is 23.9. The van der Waals surface area contributed by atoms with Gasteiger partial charge in [0.2, 0.25) is 9.84 Å². The van der Waals surface area contributed by atoms with Crippen LogP contribution in [0.4, 0.5) is 0 Å². The largest absolute Gasteiger partial charge is 0.496 e. The van der Waals surface area contributed by atoms with Gasteiger partial charge in [-0.1, -0.05) is 60.7 Å². The number of carbonyl (C=O) groups is 2. The van der Waals surface area contributed by atoms with E-state index in [0.29, 0.717) is 11.1 Å². The summed E-state index contributed by atoms with van der Waals surface area (Å²) in [6, 6.07) is 25.5. The SMILES string of the molecule is COc1cc(S(=O)(=O)c2ccc(C(=O)c3ccccc3)c(OC)c2)ccc1C(=O)c1ccccc1. The number of ketones is 2. The van der Waals surface area contributed by atoms with E-state index in [1.54, 1.807) is 60.7 Å². The van der Waals surface area contributed by atoms with Gasteiger partial charge in [0.05, 0.1) is 35.1 Å². The topological polar surface area (TPSA) is 86.7 Å². The second-order valence-electron chi connectivity index (χ2n) is 7.62. The molecule has 0 saturated heterocycles. The second-order valence-corrected chi connectivity index (χ2v) is 9.57. The average Bonchev–Trinajstić information content (AvgIpc) is 2.92. The molecule has 0 amide bonds. The van der Waals surface area contributed by atoms with Gasteiger partial charge in [0.1, 0.15) is 11.5 Å². The first-order valence-corrected chi connectivity index (χ1v) is 12.2. The summed E-state index contributed by atoms with van der Waals surface area (Å²) >= 11 is 0. The molecule has 0 saturated carbocycles. The number of benzene rings is 4. The molecule has 0 N–H and O–H groups in total. The van der Waals surface area contributed by atoms with Crippen molar-refractivity contribution in [2.24, 2.45) is 0 Å². The molecule has 6 nitrogen and oxygen atoms in total. The van der Waals surface area contributed by atoms with Crippen molar-refractivity contribution in [2.45, 2.75) is 9.79 Å². The number of rotatable bonds is 8. The van der Waals surface area contributed by atoms with E-state index in [9.17, 15) is 18.0 Å². The number of methoxy groups -OCH3 is 2. The van der Waals surface area contributed by atoms with Gasteiger partial charge in [0.15, 0.2) is 11.6 Å². The van der Waals surface area contributed by atoms with Crippen LogP contribution in [0.15, 0.2) is 107 Å². The van der Waals surface area contributed by atoms with E-state index in [1.165, 1.54) is 50.6 Å². The van der Waals surface area contributed by atoms with Crippen molar-refractivity contribution >= 4 is 21.4 Å². The third-order valence-corrected chi connectivity index (χ3v) is 7.28. The Hall–Kier alpha value is -4.23. The quantitative estimate of drug-likeness (QED) is 0.326. The molecule has 4 aromatic rings. The third-order valence-electron chi connectivity index (χ3n) is 5.53. The maximum absolute atomic E-state index is 13.4. The Morgan fingerprint density at radius 1 is 0.571 bits per heavy atom. The molecule has 0 aliphatic rings. The molecule has 35 heavy (non-hydrogen) atoms. The molecule has 4 aromatic carbocycles. The molecule has 0 unspecified atom stereocenters. The fraction of sp³-hybridized carbons (Fsp3) is 0.0714. The standard InChI is InChI=1S/C28H22O6S/c1-33-25-17-21(13-15-23(25)27(29)19-9-5-3-6-10-19)35(31,32)22-14-16-24(26(18-22)34-2)28(30)20-11-7-4-8-12-20/h3-18H,1-2H3. The predicted octanol–water partition coefficient (Wildman–Crippen LogP) is 5.00. The van der Waals surface area contributed by atoms with Gasteiger partial charge in [-0.15, -0.1) is 0 Å². The van der Waals surface area contributed by atoms with Crippen molar-refractivity contribution in [3.8, 4) is 11.5 Å². The highest BCUT2D eigenvalue weighted by atomic mass is 32.2. The number of sulfone groups is 1. The molecular formula is C28H22O6S. The minimum atomic E-state index is -4.00. The highest BCUT2D eigenvalue weighted by molar-refractivity contribution is 7.91. The van der Waals surface area contributed by atoms with E-state index < -0.39 is 9.84 Å². The summed E-state index contributed by atoms with van der Waals surface area (Å²) in [5.74, 6) is -0.278. The lowest BCUT2D eigenvalue weighted by Gasteiger charge is -2.13. The molecule has 0 aliphatic carbocycles. The van der Waals surface area contributed by atoms with Crippen molar-refractivity contribution in [3.63, 3.8) is 0 Å². The van der Waals surface area contributed by atoms with Gasteiger partial charge >= 0.3 is 0 Å². The first-order valence-electron chi connectivity index (χ1n) is 10.7. The molecule has 0 aromatic heterocycles. The van der Waals surface area contributed by atoms with Crippen LogP contribution in [0.2, 0.25) is 0 Å². The molecule has 0 bridgehead atoms. The maximum atomic E-state index is 13.4. The van der Waals surface area contributed by atoms with Gasteiger partial charge in [0, 0.05) is 11.1 Å². The lowest BCUT2D eigenvalue weighted by Crippen LogP contribution is -2.09. The first-order chi connectivity index (χ1) is 16.9. The van der Waals surface area contributed by atoms with Crippen LogP contribution in [-0.4, -0.2) is 34.2 Å². The van der Waals surface area contributed by atoms with Crippen LogP contribution < -0.4 is 9.47 Å². The normalized spacial score (nSPS) is 11.0. The zero-order valence-electron chi connectivity index (χ0n) is 19.1. The summed E-state index contributed by atoms with van der Waals surface area (Å²) < 4.78 is 37.5. The fourth-order valence-electron chi connectivity index (χ4n) is 3.68. The van der Waals surface area contributed by atoms with Gasteiger partial charge in [-0.2, -0.15) is 0 Å². The molecule has 0 aliphatic heterocycles. The van der Waals surface area contributed by atoms with Crippen LogP contribution in [0.1, 0.15) is 31.8 Å². The van der Waals surface area contributed by atoms with Crippen molar-refractivity contribution in [1.29, 1.82) is 0 Å². The molecule has 0 spiro atoms. The summed E-state index contributed by atoms with van der Waals surface area (Å²) in [7, 11) is -1.25. The molecule has 4 rings (SSSR count). The van der Waals surface area contributed by atoms with Crippen LogP contribution in [0.5, 0.6) is 11.5 Å². The minimum Gasteiger partial charge on any atom is -0.496 e. The Labute approximate surface area is 203 Å². The van der Waals surface area contributed by atoms with Gasteiger partial charge in [-0.05, 0) is 36.4 Å². The van der Waals surface area contributed by atoms with Crippen LogP contribution in [-0.2, 0) is 9.84 Å². The molecule has 7 heteroatoms. The van der Waals surface area contributed by atoms with E-state index in [4.69, 9.17) is 9.47 Å². The number of hydrogen-bond donors (Lipinski definition) is 0. The highest BCUT2D eigenvalue weighted by Crippen LogP contribution is 2.32. The van der Waals surface area contributed by atoms with Gasteiger partial charge in [0.25, 0.3) is 0 Å². The Balaban J connectivity index is 1.71. The molecular weight excluding hydrogens is 464 g/mol. The van der Waals surface area contributed by atoms with Gasteiger partial charge in [-0.3, -0.25) is 9.59 Å². The van der Waals surface area contributed by atoms with Crippen LogP contribution in [0, 0.1) is 0 Å². The Morgan fingerprint density at radius 3 is 1.29 bits per heavy atom. The van der Waals surface area contributed by atoms with E-state index in [2.05, 4.69) is 0 Å². The zero-order chi connectivity index (χ0) is 25.0. The van der Waals surface area contributed by atoms with Crippen molar-refractivity contribution in [3.05, 3.63) is 119 Å². The number of carbonyl (C=O) groups excluding carboxylic acids is 2. The summed E-state index contributed by atoms with van der Waals surface area (Å²) in [5.41, 5.74) is 1.42. The lowest BCUT2D eigenvalue weighted by atomic mass is 10.0. The lowest BCUT2D eigenvalue weighted by molar-refractivity contribution is 0.102. The van der Waals surface area contributed by atoms with Crippen LogP contribution in [0.3, 0.4) is 0 Å². The molecule has 176 valence electrons. The van der Waals surface area contributed by atoms with E-state index in [0.717, 1.165) is 0 Å². The third kappa shape index (κ3) is 4.72. The number of hydrogen-bond acceptors (Lipinski definition) is 6. The fourth-order valence-corrected chi connectivity index (χ4v) is 4.97. The average molecular weight is 487 g/mol. The highest BCUT2D eigenvalue weighted by Gasteiger charge is 2.24. The van der Waals surface area contributed by atoms with Crippen molar-refractivity contribution < 1.29 is 27.5 Å². The van der Waals surface area contributed by atoms with Crippen molar-refractivity contribution in [2.75, 3.05) is 14.2 Å². The zero-order valence-corrected chi connectivity index (χ0v) is 19.9. The molecule has 0 heterocycles. The Morgan fingerprint density at radius 2 is 0.943 bits per heavy atom. The summed E-state index contributed by atoms with van der Waals surface area (Å²) in [6.45, 7) is 0. The maximum Gasteiger partial charge on any atom is 0.206 e. The smallest absolute Gasteiger partial charge is 0.206 e. The minimum absolute atomic E-state index is 0.0526.